The molecule has 2 amide bonds. The van der Waals surface area contributed by atoms with Gasteiger partial charge in [0.25, 0.3) is 11.8 Å². The Morgan fingerprint density at radius 1 is 0.850 bits per heavy atom. The fraction of sp³-hybridized carbons (Fsp3) is 0.360. The minimum Gasteiger partial charge on any atom is -0.406 e. The van der Waals surface area contributed by atoms with Crippen molar-refractivity contribution in [3.8, 4) is 5.75 Å². The molecular weight excluding hydrogens is 537 g/mol. The molecule has 0 aliphatic carbocycles. The van der Waals surface area contributed by atoms with Crippen molar-refractivity contribution >= 4 is 33.8 Å². The van der Waals surface area contributed by atoms with Crippen LogP contribution in [0.5, 0.6) is 5.75 Å². The van der Waals surface area contributed by atoms with Crippen molar-refractivity contribution < 1.29 is 41.7 Å². The van der Waals surface area contributed by atoms with Crippen LogP contribution >= 0.6 is 0 Å². The molecule has 4 atom stereocenters. The number of amides is 2. The smallest absolute Gasteiger partial charge is 0.406 e. The zero-order valence-corrected chi connectivity index (χ0v) is 20.6. The summed E-state index contributed by atoms with van der Waals surface area (Å²) in [5, 5.41) is 11.1. The quantitative estimate of drug-likeness (QED) is 0.392. The highest BCUT2D eigenvalue weighted by Gasteiger charge is 2.46. The number of aromatic nitrogens is 4. The Morgan fingerprint density at radius 2 is 1.55 bits per heavy atom. The van der Waals surface area contributed by atoms with Crippen LogP contribution in [0, 0.1) is 0 Å². The van der Waals surface area contributed by atoms with E-state index < -0.39 is 36.9 Å². The number of aromatic amines is 2. The van der Waals surface area contributed by atoms with Crippen molar-refractivity contribution in [1.29, 1.82) is 0 Å². The summed E-state index contributed by atoms with van der Waals surface area (Å²) in [5.74, 6) is -0.985. The number of H-pyrrole nitrogens is 2. The molecule has 2 aromatic carbocycles. The highest BCUT2D eigenvalue weighted by molar-refractivity contribution is 5.98. The molecule has 2 N–H and O–H groups in total. The van der Waals surface area contributed by atoms with Gasteiger partial charge in [-0.15, -0.1) is 13.2 Å². The first-order chi connectivity index (χ1) is 19.2. The number of rotatable bonds is 3. The molecule has 3 aliphatic rings. The number of nitrogens with zero attached hydrogens (tertiary/aromatic N) is 4. The van der Waals surface area contributed by atoms with Crippen molar-refractivity contribution in [3.63, 3.8) is 0 Å². The number of ether oxygens (including phenoxy) is 4. The first kappa shape index (κ1) is 24.8. The molecule has 12 nitrogen and oxygen atoms in total. The molecule has 5 heterocycles. The fourth-order valence-electron chi connectivity index (χ4n) is 5.31. The predicted octanol–water partition coefficient (Wildman–Crippen LogP) is 2.40. The van der Waals surface area contributed by atoms with Gasteiger partial charge in [0.1, 0.15) is 34.7 Å². The molecule has 2 aromatic heterocycles. The number of benzene rings is 2. The van der Waals surface area contributed by atoms with Gasteiger partial charge in [0.05, 0.1) is 26.2 Å². The third kappa shape index (κ3) is 4.61. The lowest BCUT2D eigenvalue weighted by Crippen LogP contribution is -2.56. The van der Waals surface area contributed by atoms with Gasteiger partial charge in [0.15, 0.2) is 12.6 Å². The summed E-state index contributed by atoms with van der Waals surface area (Å²) in [6.45, 7) is 0.678. The zero-order chi connectivity index (χ0) is 27.6. The zero-order valence-electron chi connectivity index (χ0n) is 20.6. The van der Waals surface area contributed by atoms with Crippen LogP contribution in [0.3, 0.4) is 0 Å². The Balaban J connectivity index is 1.08. The summed E-state index contributed by atoms with van der Waals surface area (Å²) in [7, 11) is 0. The van der Waals surface area contributed by atoms with Gasteiger partial charge in [0.2, 0.25) is 0 Å². The molecule has 7 rings (SSSR count). The number of carbonyl (C=O) groups excluding carboxylic acids is 2. The molecule has 208 valence electrons. The van der Waals surface area contributed by atoms with Crippen LogP contribution in [0.4, 0.5) is 13.2 Å². The largest absolute Gasteiger partial charge is 0.573 e. The van der Waals surface area contributed by atoms with Gasteiger partial charge in [0, 0.05) is 22.5 Å². The molecule has 0 spiro atoms. The maximum atomic E-state index is 13.4. The van der Waals surface area contributed by atoms with Crippen molar-refractivity contribution in [3.05, 3.63) is 53.7 Å². The molecule has 3 fully saturated rings. The van der Waals surface area contributed by atoms with Crippen LogP contribution in [-0.2, 0) is 14.2 Å². The second-order valence-electron chi connectivity index (χ2n) is 9.77. The van der Waals surface area contributed by atoms with Crippen LogP contribution in [0.2, 0.25) is 0 Å². The van der Waals surface area contributed by atoms with Gasteiger partial charge in [-0.25, -0.2) is 0 Å². The average molecular weight is 558 g/mol. The highest BCUT2D eigenvalue weighted by Crippen LogP contribution is 2.31. The van der Waals surface area contributed by atoms with Gasteiger partial charge in [-0.3, -0.25) is 9.59 Å². The van der Waals surface area contributed by atoms with E-state index in [4.69, 9.17) is 14.2 Å². The first-order valence-electron chi connectivity index (χ1n) is 12.4. The Labute approximate surface area is 222 Å². The molecule has 0 saturated carbocycles. The third-order valence-corrected chi connectivity index (χ3v) is 7.11. The van der Waals surface area contributed by atoms with E-state index in [1.165, 1.54) is 18.2 Å². The lowest BCUT2D eigenvalue weighted by molar-refractivity contribution is -0.274. The molecular formula is C25H21F3N6O6. The number of hydrogen-bond donors (Lipinski definition) is 2. The van der Waals surface area contributed by atoms with Crippen LogP contribution in [0.15, 0.2) is 42.5 Å². The number of carbonyl (C=O) groups is 2. The summed E-state index contributed by atoms with van der Waals surface area (Å²) in [6.07, 6.45) is -7.48. The normalized spacial score (nSPS) is 24.8. The standard InChI is InChI=1S/C25H21F3N6O6/c26-25(27,28)40-14-3-1-12-5-18(29-16(12)7-14)24(36)34-9-20-19-8-33(10-21(37-19)39-22(11-34)38-20)23(35)13-2-4-15-17(6-13)31-32-30-15/h1-7,19-22,29H,8-11H2,(H,30,31,32)/t19-,20-,21-,22-/m0/s1. The van der Waals surface area contributed by atoms with Crippen LogP contribution < -0.4 is 4.74 Å². The Kier molecular flexibility index (Phi) is 5.69. The number of nitrogens with one attached hydrogen (secondary N) is 2. The molecule has 3 saturated heterocycles. The molecule has 3 aliphatic heterocycles. The lowest BCUT2D eigenvalue weighted by Gasteiger charge is -2.39. The van der Waals surface area contributed by atoms with E-state index in [0.29, 0.717) is 27.5 Å². The highest BCUT2D eigenvalue weighted by atomic mass is 19.4. The number of fused-ring (bicyclic) bond motifs is 7. The minimum atomic E-state index is -4.83. The van der Waals surface area contributed by atoms with Crippen molar-refractivity contribution in [2.75, 3.05) is 26.2 Å². The minimum absolute atomic E-state index is 0.108. The van der Waals surface area contributed by atoms with E-state index in [2.05, 4.69) is 25.1 Å². The van der Waals surface area contributed by atoms with E-state index >= 15 is 0 Å². The molecule has 0 radical (unpaired) electrons. The topological polar surface area (TPSA) is 135 Å². The predicted molar refractivity (Wildman–Crippen MR) is 129 cm³/mol. The summed E-state index contributed by atoms with van der Waals surface area (Å²) in [4.78, 5) is 32.8. The van der Waals surface area contributed by atoms with E-state index in [0.717, 1.165) is 0 Å². The van der Waals surface area contributed by atoms with Gasteiger partial charge < -0.3 is 33.7 Å². The van der Waals surface area contributed by atoms with E-state index in [1.807, 2.05) is 0 Å². The Hall–Kier alpha value is -4.21. The lowest BCUT2D eigenvalue weighted by atomic mass is 10.1. The number of hydrogen-bond acceptors (Lipinski definition) is 8. The number of morpholine rings is 2. The van der Waals surface area contributed by atoms with Crippen molar-refractivity contribution in [2.45, 2.75) is 31.2 Å². The second kappa shape index (κ2) is 9.18. The molecule has 0 unspecified atom stereocenters. The number of halogens is 3. The summed E-state index contributed by atoms with van der Waals surface area (Å²) < 4.78 is 59.8. The number of alkyl halides is 3. The molecule has 4 aromatic rings. The van der Waals surface area contributed by atoms with E-state index in [9.17, 15) is 22.8 Å². The molecule has 4 bridgehead atoms. The van der Waals surface area contributed by atoms with Crippen LogP contribution in [-0.4, -0.2) is 99.3 Å². The average Bonchev–Trinajstić information content (AvgIpc) is 3.55. The fourth-order valence-corrected chi connectivity index (χ4v) is 5.31. The van der Waals surface area contributed by atoms with E-state index in [-0.39, 0.29) is 43.7 Å². The summed E-state index contributed by atoms with van der Waals surface area (Å²) >= 11 is 0. The summed E-state index contributed by atoms with van der Waals surface area (Å²) in [5.41, 5.74) is 2.18. The maximum Gasteiger partial charge on any atom is 0.573 e. The SMILES string of the molecule is O=C(c1ccc2n[nH]nc2c1)N1C[C@@H]2O[C@H]3CN(C(=O)c4cc5ccc(OC(F)(F)F)cc5[nH]4)C[C@H](O3)[C@H](C1)O2. The van der Waals surface area contributed by atoms with Gasteiger partial charge in [-0.05, 0) is 36.4 Å². The summed E-state index contributed by atoms with van der Waals surface area (Å²) in [6, 6.07) is 10.4. The van der Waals surface area contributed by atoms with Gasteiger partial charge >= 0.3 is 6.36 Å². The van der Waals surface area contributed by atoms with Crippen LogP contribution in [0.25, 0.3) is 21.9 Å². The molecule has 40 heavy (non-hydrogen) atoms. The van der Waals surface area contributed by atoms with Crippen molar-refractivity contribution in [1.82, 2.24) is 30.2 Å². The monoisotopic (exact) mass is 558 g/mol. The second-order valence-corrected chi connectivity index (χ2v) is 9.77. The Bertz CT molecular complexity index is 1620. The molecule has 15 heteroatoms. The maximum absolute atomic E-state index is 13.4. The van der Waals surface area contributed by atoms with Gasteiger partial charge in [-0.1, -0.05) is 0 Å². The first-order valence-corrected chi connectivity index (χ1v) is 12.4. The van der Waals surface area contributed by atoms with Gasteiger partial charge in [-0.2, -0.15) is 15.4 Å². The Morgan fingerprint density at radius 3 is 2.27 bits per heavy atom. The third-order valence-electron chi connectivity index (χ3n) is 7.11. The van der Waals surface area contributed by atoms with E-state index in [1.54, 1.807) is 34.1 Å². The van der Waals surface area contributed by atoms with Crippen molar-refractivity contribution in [2.24, 2.45) is 0 Å². The van der Waals surface area contributed by atoms with Crippen LogP contribution in [0.1, 0.15) is 20.8 Å².